The van der Waals surface area contributed by atoms with Gasteiger partial charge in [-0.2, -0.15) is 0 Å². The van der Waals surface area contributed by atoms with Crippen molar-refractivity contribution in [1.82, 2.24) is 4.98 Å². The lowest BCUT2D eigenvalue weighted by Gasteiger charge is -2.43. The van der Waals surface area contributed by atoms with Crippen LogP contribution in [0, 0.1) is 39.7 Å². The number of H-pyrrole nitrogens is 1. The number of hydrogen-bond donors (Lipinski definition) is 2. The minimum atomic E-state index is -0.552. The third kappa shape index (κ3) is 4.94. The van der Waals surface area contributed by atoms with E-state index in [1.165, 1.54) is 29.2 Å². The monoisotopic (exact) mass is 722 g/mol. The molecule has 3 aromatic carbocycles. The van der Waals surface area contributed by atoms with Crippen molar-refractivity contribution in [3.05, 3.63) is 107 Å². The molecule has 1 saturated heterocycles. The highest BCUT2D eigenvalue weighted by Gasteiger charge is 2.69. The van der Waals surface area contributed by atoms with Gasteiger partial charge in [-0.3, -0.25) is 34.2 Å². The van der Waals surface area contributed by atoms with E-state index in [9.17, 15) is 29.3 Å². The smallest absolute Gasteiger partial charge is 0.305 e. The fourth-order valence-corrected chi connectivity index (χ4v) is 11.3. The van der Waals surface area contributed by atoms with E-state index in [4.69, 9.17) is 27.9 Å². The van der Waals surface area contributed by atoms with E-state index in [1.54, 1.807) is 36.0 Å². The Bertz CT molecular complexity index is 2090. The van der Waals surface area contributed by atoms with Crippen molar-refractivity contribution in [2.24, 2.45) is 29.6 Å². The molecule has 2 N–H and O–H groups in total. The molecule has 244 valence electrons. The third-order valence-corrected chi connectivity index (χ3v) is 13.2. The van der Waals surface area contributed by atoms with E-state index in [2.05, 4.69) is 10.3 Å². The Balaban J connectivity index is 1.10. The number of aromatic amines is 1. The molecule has 2 aliphatic carbocycles. The molecule has 4 aromatic rings. The molecule has 6 unspecified atom stereocenters. The first-order chi connectivity index (χ1) is 23.1. The molecule has 2 aliphatic heterocycles. The Labute approximate surface area is 290 Å². The maximum absolute atomic E-state index is 14.0. The molecule has 4 aliphatic rings. The van der Waals surface area contributed by atoms with Crippen LogP contribution in [0.1, 0.15) is 22.8 Å². The number of nitrogens with one attached hydrogen (secondary N) is 2. The predicted octanol–water partition coefficient (Wildman–Crippen LogP) is 6.35. The van der Waals surface area contributed by atoms with Crippen LogP contribution in [0.25, 0.3) is 0 Å². The van der Waals surface area contributed by atoms with E-state index < -0.39 is 22.7 Å². The quantitative estimate of drug-likeness (QED) is 0.127. The van der Waals surface area contributed by atoms with Gasteiger partial charge in [0.1, 0.15) is 5.75 Å². The van der Waals surface area contributed by atoms with Gasteiger partial charge in [0.15, 0.2) is 6.61 Å². The second-order valence-electron chi connectivity index (χ2n) is 12.2. The number of nitro groups is 1. The van der Waals surface area contributed by atoms with Crippen LogP contribution in [-0.4, -0.2) is 39.5 Å². The van der Waals surface area contributed by atoms with Gasteiger partial charge in [0.05, 0.1) is 37.5 Å². The number of imide groups is 1. The highest BCUT2D eigenvalue weighted by atomic mass is 35.5. The zero-order valence-corrected chi connectivity index (χ0v) is 27.8. The summed E-state index contributed by atoms with van der Waals surface area (Å²) in [6, 6.07) is 17.6. The maximum atomic E-state index is 14.0. The lowest BCUT2D eigenvalue weighted by molar-refractivity contribution is -0.384. The van der Waals surface area contributed by atoms with Gasteiger partial charge in [-0.1, -0.05) is 52.7 Å². The van der Waals surface area contributed by atoms with Crippen molar-refractivity contribution >= 4 is 81.1 Å². The van der Waals surface area contributed by atoms with Gasteiger partial charge in [0.25, 0.3) is 11.6 Å². The number of halogens is 2. The number of anilines is 2. The van der Waals surface area contributed by atoms with Gasteiger partial charge in [0.2, 0.25) is 11.8 Å². The number of carbonyl (C=O) groups is 3. The lowest BCUT2D eigenvalue weighted by atomic mass is 9.68. The SMILES string of the molecule is O=C(COc1ccccc1[C@H]1c2sc(=O)[nH]c2SC2C3CC(C4C(=O)N(c5ccc([N+](=O)[O-])cc5)C(=O)C34)C21)Nc1ccc(Cl)c(Cl)c1. The fraction of sp³-hybridized carbons (Fsp3) is 0.273. The van der Waals surface area contributed by atoms with E-state index in [0.29, 0.717) is 33.6 Å². The number of nitrogens with zero attached hydrogens (tertiary/aromatic N) is 2. The van der Waals surface area contributed by atoms with Crippen molar-refractivity contribution in [3.63, 3.8) is 0 Å². The van der Waals surface area contributed by atoms with Crippen LogP contribution in [0.3, 0.4) is 0 Å². The zero-order chi connectivity index (χ0) is 33.4. The minimum absolute atomic E-state index is 0.0569. The highest BCUT2D eigenvalue weighted by Crippen LogP contribution is 2.69. The number of ether oxygens (including phenoxy) is 1. The summed E-state index contributed by atoms with van der Waals surface area (Å²) in [5, 5.41) is 15.3. The van der Waals surface area contributed by atoms with Crippen LogP contribution in [-0.2, 0) is 14.4 Å². The van der Waals surface area contributed by atoms with E-state index in [-0.39, 0.29) is 57.9 Å². The molecule has 2 saturated carbocycles. The van der Waals surface area contributed by atoms with E-state index >= 15 is 0 Å². The number of non-ortho nitro benzene ring substituents is 1. The van der Waals surface area contributed by atoms with Crippen LogP contribution in [0.2, 0.25) is 10.0 Å². The largest absolute Gasteiger partial charge is 0.483 e. The van der Waals surface area contributed by atoms with Gasteiger partial charge in [0, 0.05) is 39.4 Å². The minimum Gasteiger partial charge on any atom is -0.483 e. The Morgan fingerprint density at radius 1 is 1.00 bits per heavy atom. The summed E-state index contributed by atoms with van der Waals surface area (Å²) in [7, 11) is 0. The molecule has 8 rings (SSSR count). The van der Waals surface area contributed by atoms with Gasteiger partial charge in [-0.15, -0.1) is 11.8 Å². The topological polar surface area (TPSA) is 152 Å². The van der Waals surface area contributed by atoms with Gasteiger partial charge >= 0.3 is 4.87 Å². The molecule has 3 heterocycles. The lowest BCUT2D eigenvalue weighted by Crippen LogP contribution is -2.42. The summed E-state index contributed by atoms with van der Waals surface area (Å²) in [6.45, 7) is -0.295. The van der Waals surface area contributed by atoms with Crippen molar-refractivity contribution in [1.29, 1.82) is 0 Å². The van der Waals surface area contributed by atoms with Crippen LogP contribution in [0.4, 0.5) is 17.1 Å². The van der Waals surface area contributed by atoms with Crippen molar-refractivity contribution in [3.8, 4) is 5.75 Å². The number of thioether (sulfide) groups is 1. The summed E-state index contributed by atoms with van der Waals surface area (Å²) in [5.41, 5.74) is 1.45. The second kappa shape index (κ2) is 11.8. The summed E-state index contributed by atoms with van der Waals surface area (Å²) in [6.07, 6.45) is 0.688. The number of para-hydroxylation sites is 1. The first-order valence-corrected chi connectivity index (χ1v) is 17.5. The molecule has 3 fully saturated rings. The number of carbonyl (C=O) groups excluding carboxylic acids is 3. The molecule has 2 bridgehead atoms. The molecule has 7 atom stereocenters. The number of benzene rings is 3. The zero-order valence-electron chi connectivity index (χ0n) is 24.6. The van der Waals surface area contributed by atoms with Crippen LogP contribution < -0.4 is 19.8 Å². The van der Waals surface area contributed by atoms with Crippen molar-refractivity contribution in [2.45, 2.75) is 22.6 Å². The normalized spacial score (nSPS) is 26.6. The van der Waals surface area contributed by atoms with Gasteiger partial charge in [-0.25, -0.2) is 0 Å². The summed E-state index contributed by atoms with van der Waals surface area (Å²) >= 11 is 14.8. The number of rotatable bonds is 7. The average molecular weight is 724 g/mol. The molecule has 0 spiro atoms. The number of amides is 3. The van der Waals surface area contributed by atoms with Crippen LogP contribution >= 0.6 is 46.3 Å². The highest BCUT2D eigenvalue weighted by molar-refractivity contribution is 8.00. The number of thiazole rings is 1. The Morgan fingerprint density at radius 3 is 2.46 bits per heavy atom. The molecule has 1 aromatic heterocycles. The number of aromatic nitrogens is 1. The summed E-state index contributed by atoms with van der Waals surface area (Å²) in [4.78, 5) is 69.0. The molecular formula is C33H24Cl2N4O7S2. The summed E-state index contributed by atoms with van der Waals surface area (Å²) < 4.78 is 6.12. The Morgan fingerprint density at radius 2 is 1.73 bits per heavy atom. The Hall–Kier alpha value is -4.17. The second-order valence-corrected chi connectivity index (χ2v) is 15.3. The molecule has 0 radical (unpaired) electrons. The molecule has 15 heteroatoms. The molecule has 11 nitrogen and oxygen atoms in total. The van der Waals surface area contributed by atoms with Crippen LogP contribution in [0.15, 0.2) is 76.6 Å². The number of hydrogen-bond acceptors (Lipinski definition) is 9. The Kier molecular flexibility index (Phi) is 7.62. The van der Waals surface area contributed by atoms with Gasteiger partial charge < -0.3 is 15.0 Å². The van der Waals surface area contributed by atoms with Crippen molar-refractivity contribution in [2.75, 3.05) is 16.8 Å². The summed E-state index contributed by atoms with van der Waals surface area (Å²) in [5.74, 6) is -2.27. The number of fused-ring (bicyclic) bond motifs is 9. The van der Waals surface area contributed by atoms with E-state index in [1.807, 2.05) is 18.2 Å². The van der Waals surface area contributed by atoms with Crippen LogP contribution in [0.5, 0.6) is 5.75 Å². The molecule has 48 heavy (non-hydrogen) atoms. The third-order valence-electron chi connectivity index (χ3n) is 9.86. The number of nitro benzene ring substituents is 1. The predicted molar refractivity (Wildman–Crippen MR) is 181 cm³/mol. The van der Waals surface area contributed by atoms with Crippen molar-refractivity contribution < 1.29 is 24.0 Å². The van der Waals surface area contributed by atoms with Gasteiger partial charge in [-0.05, 0) is 60.6 Å². The fourth-order valence-electron chi connectivity index (χ4n) is 8.13. The maximum Gasteiger partial charge on any atom is 0.305 e. The molecule has 3 amide bonds. The standard InChI is InChI=1S/C33H24Cl2N4O7S2/c34-20-10-5-14(11-21(20)35)36-23(40)13-46-22-4-2-1-3-17(22)24-25-18-12-19(28(25)47-30-29(24)48-33(43)37-30)27-26(18)31(41)38(32(27)42)15-6-8-16(9-7-15)39(44)45/h1-11,18-19,24-28H,12-13H2,(H,36,40)(H,37,43)/t18?,19?,24-,25?,26?,27?,28?/m1/s1. The first kappa shape index (κ1) is 31.1. The average Bonchev–Trinajstić information content (AvgIpc) is 3.81. The first-order valence-electron chi connectivity index (χ1n) is 15.1. The molecular weight excluding hydrogens is 699 g/mol. The van der Waals surface area contributed by atoms with E-state index in [0.717, 1.165) is 26.8 Å².